The smallest absolute Gasteiger partial charge is 0.0468 e. The number of hydrogen-bond acceptors (Lipinski definition) is 4. The van der Waals surface area contributed by atoms with Crippen LogP contribution in [0.15, 0.2) is 72.8 Å². The van der Waals surface area contributed by atoms with Crippen molar-refractivity contribution in [3.63, 3.8) is 0 Å². The number of fused-ring (bicyclic) bond motifs is 2. The molecule has 0 saturated carbocycles. The molecular weight excluding hydrogens is 582 g/mol. The Balaban J connectivity index is 0.000000161. The van der Waals surface area contributed by atoms with E-state index >= 15 is 0 Å². The van der Waals surface area contributed by atoms with Crippen LogP contribution in [0.25, 0.3) is 0 Å². The third-order valence-corrected chi connectivity index (χ3v) is 8.84. The normalized spacial score (nSPS) is 18.9. The van der Waals surface area contributed by atoms with Crippen LogP contribution in [-0.4, -0.2) is 37.0 Å². The lowest BCUT2D eigenvalue weighted by Crippen LogP contribution is -2.31. The zero-order valence-electron chi connectivity index (χ0n) is 22.5. The van der Waals surface area contributed by atoms with Crippen LogP contribution >= 0.6 is 46.4 Å². The summed E-state index contributed by atoms with van der Waals surface area (Å²) in [6.45, 7) is 3.51. The molecule has 2 heterocycles. The lowest BCUT2D eigenvalue weighted by Gasteiger charge is -2.33. The molecule has 8 heteroatoms. The van der Waals surface area contributed by atoms with E-state index in [1.165, 1.54) is 11.1 Å². The van der Waals surface area contributed by atoms with Gasteiger partial charge in [0.15, 0.2) is 0 Å². The molecule has 1 unspecified atom stereocenters. The summed E-state index contributed by atoms with van der Waals surface area (Å²) < 4.78 is 0. The second-order valence-corrected chi connectivity index (χ2v) is 12.4. The highest BCUT2D eigenvalue weighted by Gasteiger charge is 2.29. The van der Waals surface area contributed by atoms with Crippen LogP contribution < -0.4 is 11.5 Å². The van der Waals surface area contributed by atoms with Crippen LogP contribution in [0.1, 0.15) is 45.2 Å². The van der Waals surface area contributed by atoms with Crippen molar-refractivity contribution in [3.05, 3.63) is 126 Å². The Morgan fingerprint density at radius 2 is 0.950 bits per heavy atom. The van der Waals surface area contributed by atoms with E-state index in [2.05, 4.69) is 36.0 Å². The molecule has 0 spiro atoms. The van der Waals surface area contributed by atoms with E-state index in [-0.39, 0.29) is 11.8 Å². The molecule has 0 aliphatic carbocycles. The summed E-state index contributed by atoms with van der Waals surface area (Å²) >= 11 is 25.1. The predicted molar refractivity (Wildman–Crippen MR) is 171 cm³/mol. The summed E-state index contributed by atoms with van der Waals surface area (Å²) in [5, 5.41) is 2.83. The van der Waals surface area contributed by atoms with Crippen molar-refractivity contribution in [1.29, 1.82) is 0 Å². The molecule has 4 nitrogen and oxygen atoms in total. The molecule has 208 valence electrons. The molecular formula is C32H32Cl4N4. The number of rotatable bonds is 2. The van der Waals surface area contributed by atoms with Crippen molar-refractivity contribution in [2.45, 2.75) is 24.9 Å². The molecule has 4 aromatic carbocycles. The summed E-state index contributed by atoms with van der Waals surface area (Å²) in [5.74, 6) is 0.419. The average molecular weight is 614 g/mol. The van der Waals surface area contributed by atoms with Crippen LogP contribution in [0.5, 0.6) is 0 Å². The summed E-state index contributed by atoms with van der Waals surface area (Å²) in [5.41, 5.74) is 20.9. The summed E-state index contributed by atoms with van der Waals surface area (Å²) in [6.07, 6.45) is 0. The van der Waals surface area contributed by atoms with E-state index in [4.69, 9.17) is 57.9 Å². The van der Waals surface area contributed by atoms with Gasteiger partial charge in [-0.3, -0.25) is 0 Å². The van der Waals surface area contributed by atoms with Gasteiger partial charge in [-0.2, -0.15) is 0 Å². The number of nitrogens with two attached hydrogens (primary N) is 2. The van der Waals surface area contributed by atoms with Gasteiger partial charge in [0, 0.05) is 69.5 Å². The molecule has 4 aromatic rings. The van der Waals surface area contributed by atoms with E-state index in [0.29, 0.717) is 10.0 Å². The fourth-order valence-electron chi connectivity index (χ4n) is 5.88. The number of nitrogens with zero attached hydrogens (tertiary/aromatic N) is 2. The third kappa shape index (κ3) is 6.08. The van der Waals surface area contributed by atoms with Gasteiger partial charge in [0.1, 0.15) is 0 Å². The third-order valence-electron chi connectivity index (χ3n) is 7.73. The van der Waals surface area contributed by atoms with Gasteiger partial charge in [-0.1, -0.05) is 82.8 Å². The first-order valence-corrected chi connectivity index (χ1v) is 14.6. The highest BCUT2D eigenvalue weighted by atomic mass is 35.5. The van der Waals surface area contributed by atoms with Crippen LogP contribution in [0.3, 0.4) is 0 Å². The Morgan fingerprint density at radius 3 is 1.32 bits per heavy atom. The molecule has 0 radical (unpaired) electrons. The lowest BCUT2D eigenvalue weighted by atomic mass is 9.84. The van der Waals surface area contributed by atoms with Gasteiger partial charge in [0.2, 0.25) is 0 Å². The van der Waals surface area contributed by atoms with Crippen LogP contribution in [0.2, 0.25) is 20.1 Å². The van der Waals surface area contributed by atoms with Crippen molar-refractivity contribution >= 4 is 57.8 Å². The Kier molecular flexibility index (Phi) is 8.86. The van der Waals surface area contributed by atoms with Gasteiger partial charge < -0.3 is 21.3 Å². The van der Waals surface area contributed by atoms with E-state index < -0.39 is 0 Å². The summed E-state index contributed by atoms with van der Waals surface area (Å²) in [6, 6.07) is 23.7. The van der Waals surface area contributed by atoms with Gasteiger partial charge >= 0.3 is 0 Å². The van der Waals surface area contributed by atoms with Gasteiger partial charge in [0.25, 0.3) is 0 Å². The molecule has 0 fully saturated rings. The Bertz CT molecular complexity index is 1420. The van der Waals surface area contributed by atoms with Crippen molar-refractivity contribution in [1.82, 2.24) is 9.80 Å². The van der Waals surface area contributed by atoms with Gasteiger partial charge in [-0.05, 0) is 83.9 Å². The SMILES string of the molecule is CN1Cc2c(Cl)cc(Cl)cc2C(c2ccccc2N)C1.CN1Cc2c(Cl)cc(Cl)cc2[C@@H](c2ccccc2N)C1. The number of nitrogen functional groups attached to an aromatic ring is 2. The minimum atomic E-state index is 0.209. The van der Waals surface area contributed by atoms with Crippen molar-refractivity contribution < 1.29 is 0 Å². The highest BCUT2D eigenvalue weighted by Crippen LogP contribution is 2.41. The Hall–Kier alpha value is -2.44. The van der Waals surface area contributed by atoms with E-state index in [1.54, 1.807) is 0 Å². The number of para-hydroxylation sites is 2. The zero-order chi connectivity index (χ0) is 28.6. The molecule has 2 atom stereocenters. The van der Waals surface area contributed by atoms with Gasteiger partial charge in [0.05, 0.1) is 0 Å². The maximum absolute atomic E-state index is 6.36. The molecule has 2 aliphatic heterocycles. The minimum absolute atomic E-state index is 0.209. The second kappa shape index (κ2) is 12.2. The molecule has 40 heavy (non-hydrogen) atoms. The quantitative estimate of drug-likeness (QED) is 0.223. The molecule has 4 N–H and O–H groups in total. The standard InChI is InChI=1S/2C16H16Cl2N2/c2*1-20-8-13(11-4-2-3-5-16(11)19)12-6-10(17)7-15(18)14(12)9-20/h2*2-7,13H,8-9,19H2,1H3/t13-;/m1./s1. The van der Waals surface area contributed by atoms with Gasteiger partial charge in [-0.15, -0.1) is 0 Å². The Morgan fingerprint density at radius 1 is 0.575 bits per heavy atom. The molecule has 0 bridgehead atoms. The van der Waals surface area contributed by atoms with Crippen molar-refractivity contribution in [2.24, 2.45) is 0 Å². The molecule has 0 amide bonds. The zero-order valence-corrected chi connectivity index (χ0v) is 25.5. The first-order valence-electron chi connectivity index (χ1n) is 13.1. The number of halogens is 4. The second-order valence-electron chi connectivity index (χ2n) is 10.7. The minimum Gasteiger partial charge on any atom is -0.398 e. The lowest BCUT2D eigenvalue weighted by molar-refractivity contribution is 0.295. The van der Waals surface area contributed by atoms with Crippen LogP contribution in [0.4, 0.5) is 11.4 Å². The molecule has 0 saturated heterocycles. The first kappa shape index (κ1) is 29.1. The topological polar surface area (TPSA) is 58.5 Å². The van der Waals surface area contributed by atoms with E-state index in [1.807, 2.05) is 60.7 Å². The molecule has 6 rings (SSSR count). The van der Waals surface area contributed by atoms with Crippen molar-refractivity contribution in [3.8, 4) is 0 Å². The number of anilines is 2. The maximum Gasteiger partial charge on any atom is 0.0468 e. The average Bonchev–Trinajstić information content (AvgIpc) is 2.90. The summed E-state index contributed by atoms with van der Waals surface area (Å²) in [4.78, 5) is 4.53. The largest absolute Gasteiger partial charge is 0.398 e. The number of hydrogen-bond donors (Lipinski definition) is 2. The predicted octanol–water partition coefficient (Wildman–Crippen LogP) is 8.31. The van der Waals surface area contributed by atoms with E-state index in [9.17, 15) is 0 Å². The van der Waals surface area contributed by atoms with Crippen molar-refractivity contribution in [2.75, 3.05) is 38.7 Å². The summed E-state index contributed by atoms with van der Waals surface area (Å²) in [7, 11) is 4.19. The van der Waals surface area contributed by atoms with Crippen LogP contribution in [0, 0.1) is 0 Å². The van der Waals surface area contributed by atoms with E-state index in [0.717, 1.165) is 69.9 Å². The van der Waals surface area contributed by atoms with Crippen LogP contribution in [-0.2, 0) is 13.1 Å². The fraction of sp³-hybridized carbons (Fsp3) is 0.250. The molecule has 0 aromatic heterocycles. The van der Waals surface area contributed by atoms with Gasteiger partial charge in [-0.25, -0.2) is 0 Å². The monoisotopic (exact) mass is 612 g/mol. The number of benzene rings is 4. The Labute approximate surface area is 256 Å². The number of likely N-dealkylation sites (N-methyl/N-ethyl adjacent to an activating group) is 2. The molecule has 2 aliphatic rings. The highest BCUT2D eigenvalue weighted by molar-refractivity contribution is 6.35. The maximum atomic E-state index is 6.36. The fourth-order valence-corrected chi connectivity index (χ4v) is 7.02. The first-order chi connectivity index (χ1) is 19.1.